The van der Waals surface area contributed by atoms with Crippen molar-refractivity contribution in [2.45, 2.75) is 58.3 Å². The van der Waals surface area contributed by atoms with Gasteiger partial charge >= 0.3 is 0 Å². The SMILES string of the molecule is CCC1(C)C(c2ccc(OC)c(OC)c2)=NN(C2CCN(C(=O)c3cc(OCc4ccccc4)ccc3CN)CC2)C1C=O. The van der Waals surface area contributed by atoms with Gasteiger partial charge in [0.05, 0.1) is 26.0 Å². The van der Waals surface area contributed by atoms with Crippen LogP contribution in [0, 0.1) is 5.41 Å². The average molecular weight is 599 g/mol. The first-order chi connectivity index (χ1) is 21.4. The minimum absolute atomic E-state index is 0.0206. The second-order valence-corrected chi connectivity index (χ2v) is 11.6. The summed E-state index contributed by atoms with van der Waals surface area (Å²) in [7, 11) is 3.21. The lowest BCUT2D eigenvalue weighted by molar-refractivity contribution is -0.115. The Bertz CT molecular complexity index is 1500. The van der Waals surface area contributed by atoms with Gasteiger partial charge < -0.3 is 29.6 Å². The number of carbonyl (C=O) groups excluding carboxylic acids is 2. The molecule has 2 aliphatic rings. The highest BCUT2D eigenvalue weighted by Gasteiger charge is 2.49. The summed E-state index contributed by atoms with van der Waals surface area (Å²) in [6.07, 6.45) is 3.15. The van der Waals surface area contributed by atoms with Gasteiger partial charge in [0.15, 0.2) is 11.5 Å². The first kappa shape index (κ1) is 31.1. The standard InChI is InChI=1S/C35H42N4O5/c1-5-35(2)32(22-40)39(37-33(35)25-12-14-30(42-3)31(19-25)43-4)27-15-17-38(18-16-27)34(41)29-20-28(13-11-26(29)21-36)44-23-24-9-7-6-8-10-24/h6-14,19-20,22,27,32H,5,15-18,21,23,36H2,1-4H3. The Morgan fingerprint density at radius 3 is 2.39 bits per heavy atom. The van der Waals surface area contributed by atoms with E-state index in [4.69, 9.17) is 25.0 Å². The van der Waals surface area contributed by atoms with Gasteiger partial charge in [0, 0.05) is 36.2 Å². The van der Waals surface area contributed by atoms with Gasteiger partial charge in [0.25, 0.3) is 5.91 Å². The Hall–Kier alpha value is -4.37. The zero-order chi connectivity index (χ0) is 31.3. The molecule has 2 atom stereocenters. The molecule has 44 heavy (non-hydrogen) atoms. The fourth-order valence-electron chi connectivity index (χ4n) is 6.26. The number of amides is 1. The van der Waals surface area contributed by atoms with Crippen molar-refractivity contribution in [3.63, 3.8) is 0 Å². The first-order valence-electron chi connectivity index (χ1n) is 15.2. The van der Waals surface area contributed by atoms with Crippen LogP contribution in [0.4, 0.5) is 0 Å². The number of ether oxygens (including phenoxy) is 3. The number of nitrogens with two attached hydrogens (primary N) is 1. The molecule has 2 N–H and O–H groups in total. The van der Waals surface area contributed by atoms with Gasteiger partial charge in [0.1, 0.15) is 24.7 Å². The summed E-state index contributed by atoms with van der Waals surface area (Å²) >= 11 is 0. The quantitative estimate of drug-likeness (QED) is 0.308. The van der Waals surface area contributed by atoms with E-state index in [1.807, 2.05) is 70.6 Å². The van der Waals surface area contributed by atoms with Gasteiger partial charge in [-0.3, -0.25) is 9.80 Å². The number of likely N-dealkylation sites (tertiary alicyclic amines) is 1. The fraction of sp³-hybridized carbons (Fsp3) is 0.400. The largest absolute Gasteiger partial charge is 0.493 e. The van der Waals surface area contributed by atoms with E-state index in [1.165, 1.54) is 0 Å². The molecule has 3 aromatic rings. The molecule has 1 amide bonds. The molecule has 0 aliphatic carbocycles. The fourth-order valence-corrected chi connectivity index (χ4v) is 6.26. The van der Waals surface area contributed by atoms with E-state index < -0.39 is 11.5 Å². The Morgan fingerprint density at radius 1 is 1.02 bits per heavy atom. The molecule has 9 nitrogen and oxygen atoms in total. The molecule has 0 saturated carbocycles. The monoisotopic (exact) mass is 598 g/mol. The second-order valence-electron chi connectivity index (χ2n) is 11.6. The van der Waals surface area contributed by atoms with Crippen molar-refractivity contribution in [1.82, 2.24) is 9.91 Å². The highest BCUT2D eigenvalue weighted by Crippen LogP contribution is 2.42. The highest BCUT2D eigenvalue weighted by molar-refractivity contribution is 6.08. The van der Waals surface area contributed by atoms with E-state index in [1.54, 1.807) is 20.3 Å². The summed E-state index contributed by atoms with van der Waals surface area (Å²) in [6, 6.07) is 20.8. The van der Waals surface area contributed by atoms with Gasteiger partial charge in [-0.2, -0.15) is 5.10 Å². The van der Waals surface area contributed by atoms with Gasteiger partial charge in [0.2, 0.25) is 0 Å². The lowest BCUT2D eigenvalue weighted by Crippen LogP contribution is -2.51. The summed E-state index contributed by atoms with van der Waals surface area (Å²) in [5.41, 5.74) is 9.70. The van der Waals surface area contributed by atoms with E-state index in [9.17, 15) is 9.59 Å². The molecule has 9 heteroatoms. The lowest BCUT2D eigenvalue weighted by Gasteiger charge is -2.40. The third-order valence-electron chi connectivity index (χ3n) is 9.12. The summed E-state index contributed by atoms with van der Waals surface area (Å²) in [4.78, 5) is 28.2. The van der Waals surface area contributed by atoms with Crippen LogP contribution in [0.3, 0.4) is 0 Å². The van der Waals surface area contributed by atoms with Gasteiger partial charge in [-0.1, -0.05) is 50.2 Å². The number of methoxy groups -OCH3 is 2. The predicted molar refractivity (Wildman–Crippen MR) is 170 cm³/mol. The third-order valence-corrected chi connectivity index (χ3v) is 9.12. The normalized spacial score (nSPS) is 20.3. The van der Waals surface area contributed by atoms with Crippen molar-refractivity contribution in [3.05, 3.63) is 89.0 Å². The van der Waals surface area contributed by atoms with Gasteiger partial charge in [-0.15, -0.1) is 0 Å². The number of aldehydes is 1. The van der Waals surface area contributed by atoms with Crippen LogP contribution in [0.15, 0.2) is 71.8 Å². The molecular weight excluding hydrogens is 556 g/mol. The second kappa shape index (κ2) is 13.5. The maximum Gasteiger partial charge on any atom is 0.254 e. The van der Waals surface area contributed by atoms with Crippen molar-refractivity contribution >= 4 is 17.9 Å². The molecule has 0 radical (unpaired) electrons. The molecule has 2 aliphatic heterocycles. The van der Waals surface area contributed by atoms with Crippen LogP contribution in [0.1, 0.15) is 60.2 Å². The lowest BCUT2D eigenvalue weighted by atomic mass is 9.74. The Labute approximate surface area is 259 Å². The van der Waals surface area contributed by atoms with Crippen LogP contribution >= 0.6 is 0 Å². The molecule has 0 spiro atoms. The molecule has 2 unspecified atom stereocenters. The number of rotatable bonds is 11. The van der Waals surface area contributed by atoms with E-state index >= 15 is 0 Å². The predicted octanol–water partition coefficient (Wildman–Crippen LogP) is 5.05. The average Bonchev–Trinajstić information content (AvgIpc) is 3.39. The van der Waals surface area contributed by atoms with Crippen molar-refractivity contribution in [1.29, 1.82) is 0 Å². The van der Waals surface area contributed by atoms with Crippen molar-refractivity contribution in [3.8, 4) is 17.2 Å². The zero-order valence-electron chi connectivity index (χ0n) is 26.0. The topological polar surface area (TPSA) is 107 Å². The number of nitrogens with zero attached hydrogens (tertiary/aromatic N) is 3. The zero-order valence-corrected chi connectivity index (χ0v) is 26.0. The number of hydrazone groups is 1. The van der Waals surface area contributed by atoms with Gasteiger partial charge in [-0.25, -0.2) is 0 Å². The number of benzene rings is 3. The molecule has 2 heterocycles. The Kier molecular flexibility index (Phi) is 9.54. The number of piperidine rings is 1. The number of hydrogen-bond donors (Lipinski definition) is 1. The van der Waals surface area contributed by atoms with Crippen LogP contribution in [-0.4, -0.2) is 67.2 Å². The molecule has 232 valence electrons. The smallest absolute Gasteiger partial charge is 0.254 e. The minimum Gasteiger partial charge on any atom is -0.493 e. The first-order valence-corrected chi connectivity index (χ1v) is 15.2. The molecule has 1 saturated heterocycles. The molecular formula is C35H42N4O5. The molecule has 0 aromatic heterocycles. The summed E-state index contributed by atoms with van der Waals surface area (Å²) in [5, 5.41) is 7.07. The minimum atomic E-state index is -0.482. The van der Waals surface area contributed by atoms with E-state index in [0.29, 0.717) is 55.4 Å². The van der Waals surface area contributed by atoms with Crippen LogP contribution in [0.5, 0.6) is 17.2 Å². The molecule has 1 fully saturated rings. The number of hydrogen-bond acceptors (Lipinski definition) is 8. The maximum atomic E-state index is 13.7. The molecule has 3 aromatic carbocycles. The van der Waals surface area contributed by atoms with Gasteiger partial charge in [-0.05, 0) is 60.7 Å². The molecule has 0 bridgehead atoms. The van der Waals surface area contributed by atoms with Crippen LogP contribution in [0.2, 0.25) is 0 Å². The van der Waals surface area contributed by atoms with Crippen molar-refractivity contribution in [2.24, 2.45) is 16.3 Å². The highest BCUT2D eigenvalue weighted by atomic mass is 16.5. The van der Waals surface area contributed by atoms with Crippen molar-refractivity contribution in [2.75, 3.05) is 27.3 Å². The van der Waals surface area contributed by atoms with Crippen molar-refractivity contribution < 1.29 is 23.8 Å². The maximum absolute atomic E-state index is 13.7. The molecule has 5 rings (SSSR count). The number of carbonyl (C=O) groups is 2. The Balaban J connectivity index is 1.32. The van der Waals surface area contributed by atoms with E-state index in [-0.39, 0.29) is 18.5 Å². The van der Waals surface area contributed by atoms with E-state index in [0.717, 1.165) is 35.1 Å². The van der Waals surface area contributed by atoms with Crippen LogP contribution in [-0.2, 0) is 17.9 Å². The van der Waals surface area contributed by atoms with Crippen LogP contribution < -0.4 is 19.9 Å². The third kappa shape index (κ3) is 6.01. The summed E-state index contributed by atoms with van der Waals surface area (Å²) < 4.78 is 17.0. The van der Waals surface area contributed by atoms with E-state index in [2.05, 4.69) is 13.8 Å². The Morgan fingerprint density at radius 2 is 1.75 bits per heavy atom. The van der Waals surface area contributed by atoms with Crippen LogP contribution in [0.25, 0.3) is 0 Å². The summed E-state index contributed by atoms with van der Waals surface area (Å²) in [5.74, 6) is 1.83. The summed E-state index contributed by atoms with van der Waals surface area (Å²) in [6.45, 7) is 5.96.